The number of para-hydroxylation sites is 1. The molecule has 0 aliphatic rings. The van der Waals surface area contributed by atoms with Crippen LogP contribution in [0.3, 0.4) is 0 Å². The number of halogens is 2. The largest absolute Gasteiger partial charge is 0.422 e. The summed E-state index contributed by atoms with van der Waals surface area (Å²) in [5.74, 6) is -1.36. The number of anilines is 1. The minimum Gasteiger partial charge on any atom is -0.422 e. The number of nitro benzene ring substituents is 1. The van der Waals surface area contributed by atoms with Crippen molar-refractivity contribution in [3.05, 3.63) is 132 Å². The van der Waals surface area contributed by atoms with E-state index in [0.29, 0.717) is 32.5 Å². The molecule has 0 atom stereocenters. The second-order valence-corrected chi connectivity index (χ2v) is 11.2. The molecule has 0 bridgehead atoms. The smallest absolute Gasteiger partial charge is 0.355 e. The predicted octanol–water partition coefficient (Wildman–Crippen LogP) is 7.46. The first-order valence-corrected chi connectivity index (χ1v) is 14.4. The fraction of sp³-hybridized carbons (Fsp3) is 0. The van der Waals surface area contributed by atoms with Crippen molar-refractivity contribution in [2.75, 3.05) is 5.32 Å². The second kappa shape index (κ2) is 12.9. The minimum absolute atomic E-state index is 0.0914. The number of hydrazone groups is 1. The van der Waals surface area contributed by atoms with Crippen molar-refractivity contribution in [2.24, 2.45) is 5.10 Å². The van der Waals surface area contributed by atoms with Gasteiger partial charge in [0.25, 0.3) is 17.5 Å². The zero-order valence-electron chi connectivity index (χ0n) is 21.7. The maximum atomic E-state index is 13.0. The molecule has 2 N–H and O–H groups in total. The van der Waals surface area contributed by atoms with Crippen LogP contribution < -0.4 is 15.5 Å². The number of nitro groups is 1. The molecule has 0 aliphatic heterocycles. The maximum absolute atomic E-state index is 13.0. The number of benzene rings is 4. The van der Waals surface area contributed by atoms with Crippen LogP contribution in [0.2, 0.25) is 5.02 Å². The van der Waals surface area contributed by atoms with E-state index in [2.05, 4.69) is 31.8 Å². The first-order chi connectivity index (χ1) is 20.7. The van der Waals surface area contributed by atoms with Gasteiger partial charge in [-0.3, -0.25) is 19.7 Å². The highest BCUT2D eigenvalue weighted by Gasteiger charge is 2.21. The molecule has 0 radical (unpaired) electrons. The molecule has 5 aromatic rings. The first kappa shape index (κ1) is 29.6. The molecular formula is C30H18BrClN4O6S. The SMILES string of the molecule is O=C(N/N=C\c1ccccc1OC(=O)c1sc2cc([N+](=O)[O-])ccc2c1Cl)c1ccc(NC(=O)c2ccc(Br)cc2)cc1. The van der Waals surface area contributed by atoms with E-state index in [1.54, 1.807) is 72.8 Å². The van der Waals surface area contributed by atoms with Crippen LogP contribution in [0.4, 0.5) is 11.4 Å². The molecule has 0 unspecified atom stereocenters. The van der Waals surface area contributed by atoms with E-state index in [4.69, 9.17) is 16.3 Å². The van der Waals surface area contributed by atoms with Gasteiger partial charge in [0.05, 0.1) is 16.2 Å². The fourth-order valence-corrected chi connectivity index (χ4v) is 5.54. The van der Waals surface area contributed by atoms with Crippen LogP contribution in [-0.2, 0) is 0 Å². The second-order valence-electron chi connectivity index (χ2n) is 8.85. The summed E-state index contributed by atoms with van der Waals surface area (Å²) in [4.78, 5) is 48.6. The topological polar surface area (TPSA) is 140 Å². The van der Waals surface area contributed by atoms with Crippen molar-refractivity contribution < 1.29 is 24.0 Å². The van der Waals surface area contributed by atoms with Crippen LogP contribution in [0.5, 0.6) is 5.75 Å². The van der Waals surface area contributed by atoms with Crippen molar-refractivity contribution in [1.29, 1.82) is 0 Å². The highest BCUT2D eigenvalue weighted by atomic mass is 79.9. The summed E-state index contributed by atoms with van der Waals surface area (Å²) in [5, 5.41) is 18.5. The summed E-state index contributed by atoms with van der Waals surface area (Å²) in [6, 6.07) is 23.9. The van der Waals surface area contributed by atoms with Crippen LogP contribution in [-0.4, -0.2) is 28.9 Å². The van der Waals surface area contributed by atoms with E-state index in [1.165, 1.54) is 24.4 Å². The number of nitrogens with zero attached hydrogens (tertiary/aromatic N) is 2. The molecule has 10 nitrogen and oxygen atoms in total. The number of ether oxygens (including phenoxy) is 1. The molecule has 2 amide bonds. The number of rotatable bonds is 8. The Labute approximate surface area is 261 Å². The fourth-order valence-electron chi connectivity index (χ4n) is 3.86. The molecule has 43 heavy (non-hydrogen) atoms. The highest BCUT2D eigenvalue weighted by Crippen LogP contribution is 2.38. The lowest BCUT2D eigenvalue weighted by Crippen LogP contribution is -2.18. The van der Waals surface area contributed by atoms with Gasteiger partial charge in [0.2, 0.25) is 0 Å². The van der Waals surface area contributed by atoms with E-state index in [0.717, 1.165) is 15.8 Å². The van der Waals surface area contributed by atoms with Gasteiger partial charge < -0.3 is 10.1 Å². The molecule has 5 rings (SSSR count). The van der Waals surface area contributed by atoms with Gasteiger partial charge in [0.1, 0.15) is 10.6 Å². The number of fused-ring (bicyclic) bond motifs is 1. The standard InChI is InChI=1S/C30H18BrClN4O6S/c31-20-9-5-17(6-10-20)28(37)34-21-11-7-18(8-12-21)29(38)35-33-16-19-3-1-2-4-24(19)42-30(39)27-26(32)23-14-13-22(36(40)41)15-25(23)43-27/h1-16H,(H,34,37)(H,35,38)/b33-16-. The molecule has 13 heteroatoms. The van der Waals surface area contributed by atoms with Gasteiger partial charge in [0, 0.05) is 49.1 Å². The first-order valence-electron chi connectivity index (χ1n) is 12.4. The molecule has 214 valence electrons. The lowest BCUT2D eigenvalue weighted by Gasteiger charge is -2.07. The van der Waals surface area contributed by atoms with Crippen molar-refractivity contribution in [1.82, 2.24) is 5.43 Å². The number of esters is 1. The number of non-ortho nitro benzene ring substituents is 1. The zero-order valence-corrected chi connectivity index (χ0v) is 24.9. The third kappa shape index (κ3) is 6.95. The van der Waals surface area contributed by atoms with Crippen LogP contribution in [0, 0.1) is 10.1 Å². The molecule has 1 heterocycles. The van der Waals surface area contributed by atoms with Crippen LogP contribution in [0.25, 0.3) is 10.1 Å². The lowest BCUT2D eigenvalue weighted by atomic mass is 10.1. The summed E-state index contributed by atoms with van der Waals surface area (Å²) >= 11 is 10.7. The van der Waals surface area contributed by atoms with Crippen LogP contribution in [0.1, 0.15) is 36.0 Å². The molecule has 0 fully saturated rings. The van der Waals surface area contributed by atoms with E-state index in [9.17, 15) is 24.5 Å². The Morgan fingerprint density at radius 2 is 1.60 bits per heavy atom. The van der Waals surface area contributed by atoms with E-state index in [-0.39, 0.29) is 27.2 Å². The summed E-state index contributed by atoms with van der Waals surface area (Å²) < 4.78 is 6.89. The van der Waals surface area contributed by atoms with Gasteiger partial charge in [-0.1, -0.05) is 39.7 Å². The molecule has 1 aromatic heterocycles. The van der Waals surface area contributed by atoms with Gasteiger partial charge in [-0.2, -0.15) is 5.10 Å². The van der Waals surface area contributed by atoms with Gasteiger partial charge in [-0.25, -0.2) is 10.2 Å². The van der Waals surface area contributed by atoms with Crippen LogP contribution in [0.15, 0.2) is 101 Å². The number of hydrogen-bond acceptors (Lipinski definition) is 8. The number of nitrogens with one attached hydrogen (secondary N) is 2. The molecule has 0 saturated heterocycles. The van der Waals surface area contributed by atoms with Crippen molar-refractivity contribution in [3.8, 4) is 5.75 Å². The highest BCUT2D eigenvalue weighted by molar-refractivity contribution is 9.10. The summed E-state index contributed by atoms with van der Waals surface area (Å²) in [6.07, 6.45) is 1.32. The predicted molar refractivity (Wildman–Crippen MR) is 168 cm³/mol. The molecule has 4 aromatic carbocycles. The Hall–Kier alpha value is -4.91. The van der Waals surface area contributed by atoms with E-state index >= 15 is 0 Å². The van der Waals surface area contributed by atoms with E-state index in [1.807, 2.05) is 0 Å². The number of hydrogen-bond donors (Lipinski definition) is 2. The maximum Gasteiger partial charge on any atom is 0.355 e. The van der Waals surface area contributed by atoms with Crippen molar-refractivity contribution in [3.63, 3.8) is 0 Å². The van der Waals surface area contributed by atoms with E-state index < -0.39 is 16.8 Å². The van der Waals surface area contributed by atoms with Gasteiger partial charge in [-0.15, -0.1) is 11.3 Å². The number of thiophene rings is 1. The Morgan fingerprint density at radius 3 is 2.33 bits per heavy atom. The third-order valence-electron chi connectivity index (χ3n) is 6.01. The average Bonchev–Trinajstić information content (AvgIpc) is 3.34. The molecule has 0 spiro atoms. The number of carbonyl (C=O) groups excluding carboxylic acids is 3. The Bertz CT molecular complexity index is 1910. The quantitative estimate of drug-likeness (QED) is 0.0575. The number of amides is 2. The molecule has 0 aliphatic carbocycles. The Morgan fingerprint density at radius 1 is 0.930 bits per heavy atom. The summed E-state index contributed by atoms with van der Waals surface area (Å²) in [6.45, 7) is 0. The Kier molecular flexibility index (Phi) is 8.90. The third-order valence-corrected chi connectivity index (χ3v) is 8.18. The van der Waals surface area contributed by atoms with Gasteiger partial charge >= 0.3 is 5.97 Å². The van der Waals surface area contributed by atoms with Crippen molar-refractivity contribution in [2.45, 2.75) is 0 Å². The molecular weight excluding hydrogens is 660 g/mol. The van der Waals surface area contributed by atoms with Crippen molar-refractivity contribution >= 4 is 84.3 Å². The zero-order chi connectivity index (χ0) is 30.5. The van der Waals surface area contributed by atoms with Gasteiger partial charge in [0.15, 0.2) is 0 Å². The Balaban J connectivity index is 1.22. The minimum atomic E-state index is -0.744. The molecule has 0 saturated carbocycles. The number of carbonyl (C=O) groups is 3. The van der Waals surface area contributed by atoms with Gasteiger partial charge in [-0.05, 0) is 66.7 Å². The summed E-state index contributed by atoms with van der Waals surface area (Å²) in [7, 11) is 0. The summed E-state index contributed by atoms with van der Waals surface area (Å²) in [5.41, 5.74) is 4.01. The average molecular weight is 678 g/mol. The normalized spacial score (nSPS) is 10.9. The monoisotopic (exact) mass is 676 g/mol. The van der Waals surface area contributed by atoms with Crippen LogP contribution >= 0.6 is 38.9 Å². The lowest BCUT2D eigenvalue weighted by molar-refractivity contribution is -0.384.